The number of hydrogen-bond acceptors (Lipinski definition) is 5. The van der Waals surface area contributed by atoms with Gasteiger partial charge in [0.25, 0.3) is 5.91 Å². The molecule has 7 heteroatoms. The number of hydrogen-bond donors (Lipinski definition) is 2. The molecule has 0 aliphatic rings. The Hall–Kier alpha value is -4.70. The summed E-state index contributed by atoms with van der Waals surface area (Å²) in [6.07, 6.45) is 9.01. The zero-order chi connectivity index (χ0) is 22.9. The predicted octanol–water partition coefficient (Wildman–Crippen LogP) is 4.00. The third kappa shape index (κ3) is 3.54. The third-order valence-corrected chi connectivity index (χ3v) is 5.54. The van der Waals surface area contributed by atoms with Crippen LogP contribution < -0.4 is 11.1 Å². The van der Waals surface area contributed by atoms with Gasteiger partial charge in [0.2, 0.25) is 0 Å². The number of terminal acetylenes is 1. The number of benzene rings is 2. The Morgan fingerprint density at radius 1 is 1.15 bits per heavy atom. The number of rotatable bonds is 4. The van der Waals surface area contributed by atoms with Crippen molar-refractivity contribution in [2.45, 2.75) is 13.0 Å². The lowest BCUT2D eigenvalue weighted by molar-refractivity contribution is 0.0941. The van der Waals surface area contributed by atoms with Gasteiger partial charge in [-0.1, -0.05) is 42.3 Å². The van der Waals surface area contributed by atoms with E-state index >= 15 is 0 Å². The largest absolute Gasteiger partial charge is 0.381 e. The van der Waals surface area contributed by atoms with Gasteiger partial charge in [0.15, 0.2) is 11.5 Å². The highest BCUT2D eigenvalue weighted by Crippen LogP contribution is 2.32. The fraction of sp³-hybridized carbons (Fsp3) is 0.0769. The number of nitrogens with one attached hydrogen (secondary N) is 1. The third-order valence-electron chi connectivity index (χ3n) is 5.54. The second-order valence-electron chi connectivity index (χ2n) is 7.65. The number of pyridine rings is 1. The molecule has 33 heavy (non-hydrogen) atoms. The summed E-state index contributed by atoms with van der Waals surface area (Å²) in [6, 6.07) is 18.9. The van der Waals surface area contributed by atoms with Crippen LogP contribution in [0.3, 0.4) is 0 Å². The van der Waals surface area contributed by atoms with Crippen molar-refractivity contribution in [3.63, 3.8) is 0 Å². The van der Waals surface area contributed by atoms with Crippen molar-refractivity contribution in [1.29, 1.82) is 0 Å². The maximum atomic E-state index is 13.2. The van der Waals surface area contributed by atoms with Gasteiger partial charge < -0.3 is 11.1 Å². The van der Waals surface area contributed by atoms with Gasteiger partial charge in [0.1, 0.15) is 5.56 Å². The zero-order valence-corrected chi connectivity index (χ0v) is 17.9. The summed E-state index contributed by atoms with van der Waals surface area (Å²) in [5, 5.41) is 8.08. The average Bonchev–Trinajstić information content (AvgIpc) is 3.19. The van der Waals surface area contributed by atoms with E-state index in [9.17, 15) is 4.79 Å². The predicted molar refractivity (Wildman–Crippen MR) is 128 cm³/mol. The van der Waals surface area contributed by atoms with Gasteiger partial charge in [-0.3, -0.25) is 4.79 Å². The Morgan fingerprint density at radius 2 is 1.97 bits per heavy atom. The van der Waals surface area contributed by atoms with E-state index in [1.165, 1.54) is 4.52 Å². The van der Waals surface area contributed by atoms with E-state index in [0.717, 1.165) is 33.3 Å². The molecular formula is C26H20N6O. The summed E-state index contributed by atoms with van der Waals surface area (Å²) in [4.78, 5) is 22.4. The van der Waals surface area contributed by atoms with Gasteiger partial charge in [-0.25, -0.2) is 14.5 Å². The number of carbonyl (C=O) groups is 1. The molecule has 1 unspecified atom stereocenters. The van der Waals surface area contributed by atoms with E-state index in [1.54, 1.807) is 18.5 Å². The molecule has 5 rings (SSSR count). The minimum absolute atomic E-state index is 0.117. The van der Waals surface area contributed by atoms with Crippen LogP contribution in [0, 0.1) is 12.3 Å². The van der Waals surface area contributed by atoms with Crippen LogP contribution in [0.25, 0.3) is 27.7 Å². The fourth-order valence-corrected chi connectivity index (χ4v) is 3.97. The molecule has 0 spiro atoms. The Balaban J connectivity index is 1.60. The standard InChI is InChI=1S/C26H20N6O/c1-3-17-11-7-12-21-19(17)15-20(18-9-5-4-6-10-18)23(30-21)16(2)29-26(33)22-24(27)31-32-14-8-13-28-25(22)32/h1,4-16H,2H3,(H2,27,31)(H,29,33). The molecule has 3 aromatic heterocycles. The van der Waals surface area contributed by atoms with Crippen molar-refractivity contribution in [1.82, 2.24) is 24.9 Å². The summed E-state index contributed by atoms with van der Waals surface area (Å²) in [5.74, 6) is 2.48. The smallest absolute Gasteiger partial charge is 0.259 e. The molecule has 3 heterocycles. The molecule has 0 fully saturated rings. The first-order valence-corrected chi connectivity index (χ1v) is 10.4. The minimum Gasteiger partial charge on any atom is -0.381 e. The lowest BCUT2D eigenvalue weighted by Crippen LogP contribution is -2.28. The molecule has 1 atom stereocenters. The Morgan fingerprint density at radius 3 is 2.76 bits per heavy atom. The number of anilines is 1. The van der Waals surface area contributed by atoms with E-state index in [0.29, 0.717) is 5.65 Å². The zero-order valence-electron chi connectivity index (χ0n) is 17.9. The second-order valence-corrected chi connectivity index (χ2v) is 7.65. The highest BCUT2D eigenvalue weighted by Gasteiger charge is 2.23. The van der Waals surface area contributed by atoms with Gasteiger partial charge in [-0.15, -0.1) is 11.5 Å². The average molecular weight is 432 g/mol. The topological polar surface area (TPSA) is 98.2 Å². The lowest BCUT2D eigenvalue weighted by atomic mass is 9.96. The van der Waals surface area contributed by atoms with Crippen LogP contribution in [0.15, 0.2) is 73.1 Å². The van der Waals surface area contributed by atoms with Gasteiger partial charge in [-0.2, -0.15) is 0 Å². The Bertz CT molecular complexity index is 1550. The second kappa shape index (κ2) is 8.09. The molecule has 5 aromatic rings. The van der Waals surface area contributed by atoms with Crippen LogP contribution in [0.5, 0.6) is 0 Å². The normalized spacial score (nSPS) is 11.9. The van der Waals surface area contributed by atoms with E-state index in [-0.39, 0.29) is 17.3 Å². The quantitative estimate of drug-likeness (QED) is 0.418. The van der Waals surface area contributed by atoms with Crippen LogP contribution in [-0.4, -0.2) is 25.5 Å². The van der Waals surface area contributed by atoms with Crippen molar-refractivity contribution < 1.29 is 4.79 Å². The van der Waals surface area contributed by atoms with Crippen LogP contribution in [0.4, 0.5) is 5.82 Å². The number of nitrogen functional groups attached to an aromatic ring is 1. The molecular weight excluding hydrogens is 412 g/mol. The highest BCUT2D eigenvalue weighted by atomic mass is 16.1. The molecule has 160 valence electrons. The summed E-state index contributed by atoms with van der Waals surface area (Å²) in [6.45, 7) is 1.89. The molecule has 2 aromatic carbocycles. The fourth-order valence-electron chi connectivity index (χ4n) is 3.97. The molecule has 0 aliphatic carbocycles. The minimum atomic E-state index is -0.426. The van der Waals surface area contributed by atoms with Crippen molar-refractivity contribution in [2.75, 3.05) is 5.73 Å². The van der Waals surface area contributed by atoms with Gasteiger partial charge in [-0.05, 0) is 36.8 Å². The molecule has 0 aliphatic heterocycles. The number of amides is 1. The Kier molecular flexibility index (Phi) is 4.96. The summed E-state index contributed by atoms with van der Waals surface area (Å²) in [5.41, 5.74) is 10.8. The number of aromatic nitrogens is 4. The molecule has 0 radical (unpaired) electrons. The first-order valence-electron chi connectivity index (χ1n) is 10.4. The number of nitrogens with two attached hydrogens (primary N) is 1. The number of carbonyl (C=O) groups excluding carboxylic acids is 1. The van der Waals surface area contributed by atoms with Gasteiger partial charge in [0, 0.05) is 28.9 Å². The molecule has 0 saturated heterocycles. The molecule has 7 nitrogen and oxygen atoms in total. The lowest BCUT2D eigenvalue weighted by Gasteiger charge is -2.19. The Labute approximate surface area is 190 Å². The van der Waals surface area contributed by atoms with E-state index in [1.807, 2.05) is 61.5 Å². The molecule has 0 bridgehead atoms. The first-order chi connectivity index (χ1) is 16.1. The first kappa shape index (κ1) is 20.2. The van der Waals surface area contributed by atoms with Gasteiger partial charge >= 0.3 is 0 Å². The van der Waals surface area contributed by atoms with Gasteiger partial charge in [0.05, 0.1) is 17.3 Å². The molecule has 1 amide bonds. The molecule has 3 N–H and O–H groups in total. The maximum Gasteiger partial charge on any atom is 0.259 e. The van der Waals surface area contributed by atoms with Crippen molar-refractivity contribution >= 4 is 28.3 Å². The summed E-state index contributed by atoms with van der Waals surface area (Å²) in [7, 11) is 0. The van der Waals surface area contributed by atoms with Crippen molar-refractivity contribution in [3.05, 3.63) is 89.9 Å². The SMILES string of the molecule is C#Cc1cccc2nc(C(C)NC(=O)c3c(N)nn4cccnc34)c(-c3ccccc3)cc12. The van der Waals surface area contributed by atoms with Crippen LogP contribution >= 0.6 is 0 Å². The number of nitrogens with zero attached hydrogens (tertiary/aromatic N) is 4. The van der Waals surface area contributed by atoms with E-state index < -0.39 is 6.04 Å². The van der Waals surface area contributed by atoms with E-state index in [2.05, 4.69) is 21.3 Å². The summed E-state index contributed by atoms with van der Waals surface area (Å²) >= 11 is 0. The number of fused-ring (bicyclic) bond motifs is 2. The summed E-state index contributed by atoms with van der Waals surface area (Å²) < 4.78 is 1.49. The van der Waals surface area contributed by atoms with Crippen LogP contribution in [-0.2, 0) is 0 Å². The van der Waals surface area contributed by atoms with Crippen molar-refractivity contribution in [2.24, 2.45) is 0 Å². The van der Waals surface area contributed by atoms with Crippen LogP contribution in [0.2, 0.25) is 0 Å². The maximum absolute atomic E-state index is 13.2. The monoisotopic (exact) mass is 432 g/mol. The highest BCUT2D eigenvalue weighted by molar-refractivity contribution is 6.04. The van der Waals surface area contributed by atoms with Crippen molar-refractivity contribution in [3.8, 4) is 23.5 Å². The van der Waals surface area contributed by atoms with E-state index in [4.69, 9.17) is 17.1 Å². The van der Waals surface area contributed by atoms with Crippen LogP contribution in [0.1, 0.15) is 34.6 Å². The molecule has 0 saturated carbocycles.